The van der Waals surface area contributed by atoms with Crippen LogP contribution in [0, 0.1) is 0 Å². The molecule has 0 radical (unpaired) electrons. The minimum Gasteiger partial charge on any atom is -0.324 e. The number of aromatic nitrogens is 3. The fourth-order valence-electron chi connectivity index (χ4n) is 2.29. The number of anilines is 1. The number of nitrogens with zero attached hydrogens (tertiary/aromatic N) is 3. The lowest BCUT2D eigenvalue weighted by atomic mass is 10.1. The topological polar surface area (TPSA) is 59.8 Å². The average Bonchev–Trinajstić information content (AvgIpc) is 2.97. The third-order valence-corrected chi connectivity index (χ3v) is 5.28. The Morgan fingerprint density at radius 3 is 2.58 bits per heavy atom. The van der Waals surface area contributed by atoms with Crippen LogP contribution in [0.2, 0.25) is 10.0 Å². The van der Waals surface area contributed by atoms with E-state index < -0.39 is 0 Å². The number of benzene rings is 2. The number of rotatable bonds is 6. The molecule has 0 fully saturated rings. The molecule has 0 saturated heterocycles. The normalized spacial score (nSPS) is 10.7. The number of hydrogen-bond acceptors (Lipinski definition) is 4. The van der Waals surface area contributed by atoms with Gasteiger partial charge in [-0.3, -0.25) is 4.79 Å². The third kappa shape index (κ3) is 4.78. The maximum atomic E-state index is 12.1. The molecule has 26 heavy (non-hydrogen) atoms. The van der Waals surface area contributed by atoms with Gasteiger partial charge in [0.1, 0.15) is 5.82 Å². The van der Waals surface area contributed by atoms with Crippen LogP contribution in [-0.2, 0) is 18.3 Å². The summed E-state index contributed by atoms with van der Waals surface area (Å²) < 4.78 is 1.89. The smallest absolute Gasteiger partial charge is 0.234 e. The molecule has 8 heteroatoms. The lowest BCUT2D eigenvalue weighted by Crippen LogP contribution is -2.14. The molecule has 2 aromatic carbocycles. The summed E-state index contributed by atoms with van der Waals surface area (Å²) >= 11 is 13.3. The Balaban J connectivity index is 1.59. The molecule has 0 aliphatic rings. The first-order valence-electron chi connectivity index (χ1n) is 7.83. The molecule has 1 N–H and O–H groups in total. The van der Waals surface area contributed by atoms with Crippen LogP contribution < -0.4 is 5.32 Å². The first kappa shape index (κ1) is 18.8. The van der Waals surface area contributed by atoms with Crippen LogP contribution in [0.5, 0.6) is 0 Å². The van der Waals surface area contributed by atoms with Gasteiger partial charge in [0.05, 0.1) is 16.5 Å². The van der Waals surface area contributed by atoms with Crippen LogP contribution in [0.3, 0.4) is 0 Å². The number of carbonyl (C=O) groups is 1. The van der Waals surface area contributed by atoms with E-state index in [1.165, 1.54) is 11.8 Å². The molecular formula is C18H16Cl2N4OS. The van der Waals surface area contributed by atoms with E-state index in [4.69, 9.17) is 23.2 Å². The quantitative estimate of drug-likeness (QED) is 0.614. The molecule has 1 amide bonds. The molecule has 0 atom stereocenters. The fourth-order valence-corrected chi connectivity index (χ4v) is 3.33. The molecule has 0 saturated carbocycles. The van der Waals surface area contributed by atoms with Gasteiger partial charge < -0.3 is 9.88 Å². The summed E-state index contributed by atoms with van der Waals surface area (Å²) in [4.78, 5) is 12.1. The molecule has 0 spiro atoms. The van der Waals surface area contributed by atoms with Crippen LogP contribution in [0.25, 0.3) is 0 Å². The molecule has 3 rings (SSSR count). The Hall–Kier alpha value is -2.02. The van der Waals surface area contributed by atoms with Gasteiger partial charge in [0.2, 0.25) is 5.91 Å². The SMILES string of the molecule is Cn1c(Cc2ccc(Cl)cc2)nnc1SCC(=O)Nc1ccccc1Cl. The van der Waals surface area contributed by atoms with Crippen molar-refractivity contribution in [2.75, 3.05) is 11.1 Å². The lowest BCUT2D eigenvalue weighted by molar-refractivity contribution is -0.113. The van der Waals surface area contributed by atoms with Gasteiger partial charge in [0, 0.05) is 18.5 Å². The van der Waals surface area contributed by atoms with E-state index in [9.17, 15) is 4.79 Å². The standard InChI is InChI=1S/C18H16Cl2N4OS/c1-24-16(10-12-6-8-13(19)9-7-12)22-23-18(24)26-11-17(25)21-15-5-3-2-4-14(15)20/h2-9H,10-11H2,1H3,(H,21,25). The van der Waals surface area contributed by atoms with Crippen LogP contribution >= 0.6 is 35.0 Å². The van der Waals surface area contributed by atoms with Crippen molar-refractivity contribution in [3.63, 3.8) is 0 Å². The van der Waals surface area contributed by atoms with Crippen molar-refractivity contribution in [1.82, 2.24) is 14.8 Å². The molecule has 0 aliphatic carbocycles. The Bertz CT molecular complexity index is 912. The highest BCUT2D eigenvalue weighted by atomic mass is 35.5. The van der Waals surface area contributed by atoms with Gasteiger partial charge in [-0.15, -0.1) is 10.2 Å². The minimum absolute atomic E-state index is 0.148. The summed E-state index contributed by atoms with van der Waals surface area (Å²) in [7, 11) is 1.89. The first-order valence-corrected chi connectivity index (χ1v) is 9.57. The van der Waals surface area contributed by atoms with E-state index in [1.807, 2.05) is 48.0 Å². The molecule has 0 bridgehead atoms. The second-order valence-electron chi connectivity index (χ2n) is 5.58. The molecule has 1 heterocycles. The third-order valence-electron chi connectivity index (χ3n) is 3.68. The van der Waals surface area contributed by atoms with Crippen molar-refractivity contribution >= 4 is 46.6 Å². The summed E-state index contributed by atoms with van der Waals surface area (Å²) in [6, 6.07) is 14.7. The molecule has 134 valence electrons. The average molecular weight is 407 g/mol. The number of thioether (sulfide) groups is 1. The minimum atomic E-state index is -0.148. The van der Waals surface area contributed by atoms with Crippen LogP contribution in [0.4, 0.5) is 5.69 Å². The predicted octanol–water partition coefficient (Wildman–Crippen LogP) is 4.44. The fraction of sp³-hybridized carbons (Fsp3) is 0.167. The first-order chi connectivity index (χ1) is 12.5. The zero-order chi connectivity index (χ0) is 18.5. The van der Waals surface area contributed by atoms with Crippen molar-refractivity contribution in [2.45, 2.75) is 11.6 Å². The predicted molar refractivity (Wildman–Crippen MR) is 106 cm³/mol. The maximum Gasteiger partial charge on any atom is 0.234 e. The largest absolute Gasteiger partial charge is 0.324 e. The zero-order valence-electron chi connectivity index (χ0n) is 13.9. The summed E-state index contributed by atoms with van der Waals surface area (Å²) in [5.41, 5.74) is 1.69. The highest BCUT2D eigenvalue weighted by molar-refractivity contribution is 7.99. The maximum absolute atomic E-state index is 12.1. The summed E-state index contributed by atoms with van der Waals surface area (Å²) in [5, 5.41) is 13.1. The van der Waals surface area contributed by atoms with Crippen LogP contribution in [0.1, 0.15) is 11.4 Å². The Morgan fingerprint density at radius 2 is 1.85 bits per heavy atom. The number of amides is 1. The number of nitrogens with one attached hydrogen (secondary N) is 1. The van der Waals surface area contributed by atoms with Crippen LogP contribution in [0.15, 0.2) is 53.7 Å². The lowest BCUT2D eigenvalue weighted by Gasteiger charge is -2.07. The van der Waals surface area contributed by atoms with Gasteiger partial charge in [0.15, 0.2) is 5.16 Å². The highest BCUT2D eigenvalue weighted by Gasteiger charge is 2.12. The van der Waals surface area contributed by atoms with Crippen LogP contribution in [-0.4, -0.2) is 26.4 Å². The Kier molecular flexibility index (Phi) is 6.19. The van der Waals surface area contributed by atoms with Gasteiger partial charge in [-0.25, -0.2) is 0 Å². The number of halogens is 2. The second kappa shape index (κ2) is 8.58. The molecular weight excluding hydrogens is 391 g/mol. The second-order valence-corrected chi connectivity index (χ2v) is 7.36. The van der Waals surface area contributed by atoms with Gasteiger partial charge in [-0.05, 0) is 29.8 Å². The van der Waals surface area contributed by atoms with Crippen molar-refractivity contribution in [3.8, 4) is 0 Å². The summed E-state index contributed by atoms with van der Waals surface area (Å²) in [6.45, 7) is 0. The number of carbonyl (C=O) groups excluding carboxylic acids is 1. The van der Waals surface area contributed by atoms with E-state index in [0.717, 1.165) is 11.4 Å². The molecule has 5 nitrogen and oxygen atoms in total. The number of para-hydroxylation sites is 1. The van der Waals surface area contributed by atoms with E-state index in [1.54, 1.807) is 12.1 Å². The van der Waals surface area contributed by atoms with Gasteiger partial charge >= 0.3 is 0 Å². The van der Waals surface area contributed by atoms with Crippen molar-refractivity contribution < 1.29 is 4.79 Å². The highest BCUT2D eigenvalue weighted by Crippen LogP contribution is 2.22. The van der Waals surface area contributed by atoms with E-state index in [-0.39, 0.29) is 11.7 Å². The Labute approximate surface area is 165 Å². The van der Waals surface area contributed by atoms with Gasteiger partial charge in [-0.1, -0.05) is 59.2 Å². The van der Waals surface area contributed by atoms with E-state index in [2.05, 4.69) is 15.5 Å². The molecule has 0 aliphatic heterocycles. The molecule has 3 aromatic rings. The van der Waals surface area contributed by atoms with E-state index >= 15 is 0 Å². The van der Waals surface area contributed by atoms with Gasteiger partial charge in [-0.2, -0.15) is 0 Å². The van der Waals surface area contributed by atoms with Gasteiger partial charge in [0.25, 0.3) is 0 Å². The van der Waals surface area contributed by atoms with Crippen molar-refractivity contribution in [2.24, 2.45) is 7.05 Å². The van der Waals surface area contributed by atoms with E-state index in [0.29, 0.717) is 27.3 Å². The molecule has 1 aromatic heterocycles. The zero-order valence-corrected chi connectivity index (χ0v) is 16.3. The van der Waals surface area contributed by atoms with Crippen molar-refractivity contribution in [1.29, 1.82) is 0 Å². The summed E-state index contributed by atoms with van der Waals surface area (Å²) in [6.07, 6.45) is 0.646. The Morgan fingerprint density at radius 1 is 1.12 bits per heavy atom. The summed E-state index contributed by atoms with van der Waals surface area (Å²) in [5.74, 6) is 0.893. The van der Waals surface area contributed by atoms with Crippen molar-refractivity contribution in [3.05, 3.63) is 70.0 Å². The monoisotopic (exact) mass is 406 g/mol. The number of hydrogen-bond donors (Lipinski definition) is 1. The molecule has 0 unspecified atom stereocenters.